The standard InChI is InChI=1S/C21H22ClN9O3/c1-29-8-10-30(11-9-29)21-26-19(24-16-3-5-17(6-4-16)31(33)34)25-20(27-21)28-23-13-14-12-15(22)2-7-18(14)32/h2-7,12-13,32H,8-11H2,1H3,(H2,24,25,26,27,28)/b23-13+. The van der Waals surface area contributed by atoms with E-state index in [1.165, 1.54) is 24.4 Å². The fraction of sp³-hybridized carbons (Fsp3) is 0.238. The van der Waals surface area contributed by atoms with E-state index in [-0.39, 0.29) is 23.3 Å². The number of aromatic nitrogens is 3. The molecule has 1 fully saturated rings. The molecule has 0 spiro atoms. The Hall–Kier alpha value is -4.03. The van der Waals surface area contributed by atoms with Crippen molar-refractivity contribution in [3.8, 4) is 5.75 Å². The number of nitrogens with one attached hydrogen (secondary N) is 2. The van der Waals surface area contributed by atoms with E-state index in [0.29, 0.717) is 22.2 Å². The number of nitro benzene ring substituents is 1. The van der Waals surface area contributed by atoms with Crippen molar-refractivity contribution < 1.29 is 10.0 Å². The normalized spacial score (nSPS) is 14.4. The Morgan fingerprint density at radius 3 is 2.50 bits per heavy atom. The molecule has 0 unspecified atom stereocenters. The number of rotatable bonds is 7. The minimum absolute atomic E-state index is 0.0136. The summed E-state index contributed by atoms with van der Waals surface area (Å²) in [6.45, 7) is 3.23. The molecule has 3 N–H and O–H groups in total. The van der Waals surface area contributed by atoms with E-state index in [2.05, 4.69) is 42.7 Å². The van der Waals surface area contributed by atoms with Crippen LogP contribution in [0.15, 0.2) is 47.6 Å². The van der Waals surface area contributed by atoms with Crippen molar-refractivity contribution in [2.75, 3.05) is 48.9 Å². The van der Waals surface area contributed by atoms with Gasteiger partial charge in [-0.2, -0.15) is 20.1 Å². The molecule has 3 aromatic rings. The van der Waals surface area contributed by atoms with Crippen molar-refractivity contribution in [1.82, 2.24) is 19.9 Å². The number of hydrogen-bond donors (Lipinski definition) is 3. The molecule has 0 radical (unpaired) electrons. The van der Waals surface area contributed by atoms with Gasteiger partial charge in [0, 0.05) is 54.6 Å². The van der Waals surface area contributed by atoms with Gasteiger partial charge in [0.1, 0.15) is 5.75 Å². The van der Waals surface area contributed by atoms with Crippen molar-refractivity contribution in [1.29, 1.82) is 0 Å². The fourth-order valence-electron chi connectivity index (χ4n) is 3.20. The van der Waals surface area contributed by atoms with E-state index in [0.717, 1.165) is 26.2 Å². The summed E-state index contributed by atoms with van der Waals surface area (Å²) in [4.78, 5) is 28.0. The first-order valence-corrected chi connectivity index (χ1v) is 10.7. The summed E-state index contributed by atoms with van der Waals surface area (Å²) in [5.41, 5.74) is 3.76. The van der Waals surface area contributed by atoms with Gasteiger partial charge in [-0.05, 0) is 37.4 Å². The van der Waals surface area contributed by atoms with Crippen molar-refractivity contribution >= 4 is 47.0 Å². The minimum atomic E-state index is -0.462. The lowest BCUT2D eigenvalue weighted by Gasteiger charge is -2.32. The van der Waals surface area contributed by atoms with Crippen molar-refractivity contribution in [3.05, 3.63) is 63.2 Å². The number of nitrogens with zero attached hydrogens (tertiary/aromatic N) is 7. The molecule has 1 aliphatic rings. The zero-order valence-electron chi connectivity index (χ0n) is 18.2. The predicted molar refractivity (Wildman–Crippen MR) is 130 cm³/mol. The second-order valence-electron chi connectivity index (χ2n) is 7.58. The van der Waals surface area contributed by atoms with Crippen LogP contribution in [0.2, 0.25) is 5.02 Å². The molecule has 0 amide bonds. The Bertz CT molecular complexity index is 1200. The summed E-state index contributed by atoms with van der Waals surface area (Å²) < 4.78 is 0. The molecule has 1 aromatic heterocycles. The number of non-ortho nitro benzene ring substituents is 1. The number of phenols is 1. The smallest absolute Gasteiger partial charge is 0.269 e. The number of benzene rings is 2. The van der Waals surface area contributed by atoms with Crippen LogP contribution in [-0.4, -0.2) is 69.3 Å². The van der Waals surface area contributed by atoms with E-state index in [1.54, 1.807) is 24.3 Å². The van der Waals surface area contributed by atoms with Crippen LogP contribution in [0, 0.1) is 10.1 Å². The maximum atomic E-state index is 10.9. The molecular formula is C21H22ClN9O3. The number of aromatic hydroxyl groups is 1. The average molecular weight is 484 g/mol. The molecule has 12 nitrogen and oxygen atoms in total. The highest BCUT2D eigenvalue weighted by Gasteiger charge is 2.19. The van der Waals surface area contributed by atoms with E-state index in [4.69, 9.17) is 11.6 Å². The topological polar surface area (TPSA) is 145 Å². The molecule has 0 atom stereocenters. The van der Waals surface area contributed by atoms with E-state index >= 15 is 0 Å². The molecule has 34 heavy (non-hydrogen) atoms. The van der Waals surface area contributed by atoms with Gasteiger partial charge in [0.05, 0.1) is 11.1 Å². The lowest BCUT2D eigenvalue weighted by atomic mass is 10.2. The molecule has 0 saturated carbocycles. The van der Waals surface area contributed by atoms with Crippen LogP contribution in [0.3, 0.4) is 0 Å². The van der Waals surface area contributed by atoms with E-state index in [1.807, 2.05) is 4.90 Å². The number of hydrazone groups is 1. The van der Waals surface area contributed by atoms with Crippen LogP contribution in [-0.2, 0) is 0 Å². The summed E-state index contributed by atoms with van der Waals surface area (Å²) >= 11 is 5.97. The second-order valence-corrected chi connectivity index (χ2v) is 8.01. The van der Waals surface area contributed by atoms with Gasteiger partial charge in [-0.1, -0.05) is 11.6 Å². The number of nitro groups is 1. The molecule has 13 heteroatoms. The molecule has 4 rings (SSSR count). The van der Waals surface area contributed by atoms with Gasteiger partial charge in [0.2, 0.25) is 17.8 Å². The quantitative estimate of drug-likeness (QED) is 0.260. The first kappa shape index (κ1) is 23.1. The Morgan fingerprint density at radius 2 is 1.79 bits per heavy atom. The number of anilines is 4. The number of hydrogen-bond acceptors (Lipinski definition) is 11. The molecule has 2 heterocycles. The van der Waals surface area contributed by atoms with Crippen LogP contribution in [0.4, 0.5) is 29.2 Å². The summed E-state index contributed by atoms with van der Waals surface area (Å²) in [7, 11) is 2.05. The zero-order chi connectivity index (χ0) is 24.1. The van der Waals surface area contributed by atoms with Gasteiger partial charge in [-0.15, -0.1) is 0 Å². The van der Waals surface area contributed by atoms with Gasteiger partial charge < -0.3 is 20.2 Å². The van der Waals surface area contributed by atoms with Gasteiger partial charge in [0.25, 0.3) is 5.69 Å². The van der Waals surface area contributed by atoms with Crippen LogP contribution >= 0.6 is 11.6 Å². The Morgan fingerprint density at radius 1 is 1.09 bits per heavy atom. The van der Waals surface area contributed by atoms with Crippen molar-refractivity contribution in [2.45, 2.75) is 0 Å². The first-order valence-electron chi connectivity index (χ1n) is 10.4. The largest absolute Gasteiger partial charge is 0.507 e. The number of piperazine rings is 1. The van der Waals surface area contributed by atoms with Gasteiger partial charge in [0.15, 0.2) is 0 Å². The third-order valence-electron chi connectivity index (χ3n) is 5.10. The predicted octanol–water partition coefficient (Wildman–Crippen LogP) is 3.08. The summed E-state index contributed by atoms with van der Waals surface area (Å²) in [6.07, 6.45) is 1.41. The third-order valence-corrected chi connectivity index (χ3v) is 5.34. The fourth-order valence-corrected chi connectivity index (χ4v) is 3.38. The Balaban J connectivity index is 1.58. The Kier molecular flexibility index (Phi) is 6.99. The zero-order valence-corrected chi connectivity index (χ0v) is 19.0. The minimum Gasteiger partial charge on any atom is -0.507 e. The average Bonchev–Trinajstić information content (AvgIpc) is 2.82. The lowest BCUT2D eigenvalue weighted by Crippen LogP contribution is -2.45. The first-order chi connectivity index (χ1) is 16.4. The summed E-state index contributed by atoms with van der Waals surface area (Å²) in [5, 5.41) is 28.5. The van der Waals surface area contributed by atoms with Crippen molar-refractivity contribution in [2.24, 2.45) is 5.10 Å². The van der Waals surface area contributed by atoms with Gasteiger partial charge >= 0.3 is 0 Å². The molecule has 176 valence electrons. The SMILES string of the molecule is CN1CCN(c2nc(N/N=C/c3cc(Cl)ccc3O)nc(Nc3ccc([N+](=O)[O-])cc3)n2)CC1. The second kappa shape index (κ2) is 10.3. The summed E-state index contributed by atoms with van der Waals surface area (Å²) in [6, 6.07) is 10.6. The maximum absolute atomic E-state index is 10.9. The highest BCUT2D eigenvalue weighted by atomic mass is 35.5. The number of halogens is 1. The Labute approximate surface area is 200 Å². The molecular weight excluding hydrogens is 462 g/mol. The maximum Gasteiger partial charge on any atom is 0.269 e. The van der Waals surface area contributed by atoms with Gasteiger partial charge in [-0.3, -0.25) is 10.1 Å². The molecule has 1 saturated heterocycles. The van der Waals surface area contributed by atoms with Crippen LogP contribution in [0.1, 0.15) is 5.56 Å². The monoisotopic (exact) mass is 483 g/mol. The van der Waals surface area contributed by atoms with E-state index < -0.39 is 4.92 Å². The van der Waals surface area contributed by atoms with Crippen LogP contribution < -0.4 is 15.6 Å². The van der Waals surface area contributed by atoms with Crippen molar-refractivity contribution in [3.63, 3.8) is 0 Å². The third kappa shape index (κ3) is 5.85. The highest BCUT2D eigenvalue weighted by Crippen LogP contribution is 2.22. The number of phenolic OH excluding ortho intramolecular Hbond substituents is 1. The van der Waals surface area contributed by atoms with Crippen LogP contribution in [0.25, 0.3) is 0 Å². The number of likely N-dealkylation sites (N-methyl/N-ethyl adjacent to an activating group) is 1. The molecule has 0 bridgehead atoms. The van der Waals surface area contributed by atoms with Crippen LogP contribution in [0.5, 0.6) is 5.75 Å². The molecule has 1 aliphatic heterocycles. The molecule has 2 aromatic carbocycles. The lowest BCUT2D eigenvalue weighted by molar-refractivity contribution is -0.384. The highest BCUT2D eigenvalue weighted by molar-refractivity contribution is 6.30. The van der Waals surface area contributed by atoms with E-state index in [9.17, 15) is 15.2 Å². The summed E-state index contributed by atoms with van der Waals surface area (Å²) in [5.74, 6) is 0.937. The molecule has 0 aliphatic carbocycles. The van der Waals surface area contributed by atoms with Gasteiger partial charge in [-0.25, -0.2) is 5.43 Å².